The molecule has 13 nitrogen and oxygen atoms in total. The number of ether oxygens (including phenoxy) is 5. The maximum Gasteiger partial charge on any atom is 0.335 e. The molecule has 1 saturated heterocycles. The van der Waals surface area contributed by atoms with Crippen molar-refractivity contribution in [2.75, 3.05) is 21.3 Å². The molecule has 0 radical (unpaired) electrons. The van der Waals surface area contributed by atoms with Crippen LogP contribution in [0.15, 0.2) is 39.5 Å². The number of aliphatic carboxylic acids is 1. The van der Waals surface area contributed by atoms with Crippen LogP contribution >= 0.6 is 0 Å². The van der Waals surface area contributed by atoms with E-state index >= 15 is 0 Å². The minimum absolute atomic E-state index is 0.0757. The van der Waals surface area contributed by atoms with Crippen molar-refractivity contribution in [1.82, 2.24) is 0 Å². The van der Waals surface area contributed by atoms with E-state index in [1.807, 2.05) is 0 Å². The molecular weight excluding hydrogens is 496 g/mol. The highest BCUT2D eigenvalue weighted by molar-refractivity contribution is 5.86. The molecular formula is C24H24O13. The maximum absolute atomic E-state index is 12.8. The van der Waals surface area contributed by atoms with Crippen molar-refractivity contribution in [2.45, 2.75) is 30.7 Å². The highest BCUT2D eigenvalue weighted by Gasteiger charge is 2.48. The van der Waals surface area contributed by atoms with E-state index in [1.54, 1.807) is 12.1 Å². The van der Waals surface area contributed by atoms with E-state index in [2.05, 4.69) is 0 Å². The van der Waals surface area contributed by atoms with Gasteiger partial charge in [-0.2, -0.15) is 0 Å². The summed E-state index contributed by atoms with van der Waals surface area (Å²) in [6.07, 6.45) is -9.25. The molecule has 5 unspecified atom stereocenters. The number of methoxy groups -OCH3 is 3. The lowest BCUT2D eigenvalue weighted by Gasteiger charge is -2.38. The zero-order chi connectivity index (χ0) is 27.0. The molecule has 0 amide bonds. The summed E-state index contributed by atoms with van der Waals surface area (Å²) >= 11 is 0. The second-order valence-electron chi connectivity index (χ2n) is 8.06. The molecule has 3 aromatic rings. The Labute approximate surface area is 208 Å². The highest BCUT2D eigenvalue weighted by Crippen LogP contribution is 2.42. The third-order valence-electron chi connectivity index (χ3n) is 5.80. The minimum atomic E-state index is -1.91. The predicted molar refractivity (Wildman–Crippen MR) is 124 cm³/mol. The normalized spacial score (nSPS) is 23.5. The van der Waals surface area contributed by atoms with Gasteiger partial charge in [0.1, 0.15) is 46.5 Å². The first-order valence-electron chi connectivity index (χ1n) is 10.8. The molecule has 4 rings (SSSR count). The molecule has 0 aliphatic carbocycles. The fourth-order valence-electron chi connectivity index (χ4n) is 3.96. The van der Waals surface area contributed by atoms with E-state index in [0.717, 1.165) is 12.1 Å². The van der Waals surface area contributed by atoms with E-state index in [1.165, 1.54) is 27.4 Å². The Bertz CT molecular complexity index is 1360. The van der Waals surface area contributed by atoms with Crippen molar-refractivity contribution in [2.24, 2.45) is 0 Å². The summed E-state index contributed by atoms with van der Waals surface area (Å²) < 4.78 is 32.4. The van der Waals surface area contributed by atoms with Crippen LogP contribution in [0.1, 0.15) is 0 Å². The van der Waals surface area contributed by atoms with Crippen molar-refractivity contribution < 1.29 is 58.4 Å². The van der Waals surface area contributed by atoms with Gasteiger partial charge in [-0.3, -0.25) is 4.79 Å². The van der Waals surface area contributed by atoms with Gasteiger partial charge < -0.3 is 53.6 Å². The Kier molecular flexibility index (Phi) is 7.14. The number of fused-ring (bicyclic) bond motifs is 1. The Hall–Kier alpha value is -4.04. The Morgan fingerprint density at radius 3 is 2.11 bits per heavy atom. The van der Waals surface area contributed by atoms with Crippen LogP contribution in [-0.2, 0) is 9.53 Å². The van der Waals surface area contributed by atoms with Crippen molar-refractivity contribution in [1.29, 1.82) is 0 Å². The first kappa shape index (κ1) is 26.0. The van der Waals surface area contributed by atoms with Crippen LogP contribution < -0.4 is 24.4 Å². The fraction of sp³-hybridized carbons (Fsp3) is 0.333. The molecule has 5 atom stereocenters. The topological polar surface area (TPSA) is 195 Å². The first-order chi connectivity index (χ1) is 17.6. The van der Waals surface area contributed by atoms with Gasteiger partial charge in [0.15, 0.2) is 23.0 Å². The zero-order valence-corrected chi connectivity index (χ0v) is 19.8. The van der Waals surface area contributed by atoms with Crippen LogP contribution in [0.5, 0.6) is 28.7 Å². The summed E-state index contributed by atoms with van der Waals surface area (Å²) in [6, 6.07) is 6.50. The molecule has 0 spiro atoms. The molecule has 1 fully saturated rings. The lowest BCUT2D eigenvalue weighted by molar-refractivity contribution is -0.271. The fourth-order valence-corrected chi connectivity index (χ4v) is 3.96. The van der Waals surface area contributed by atoms with Crippen molar-refractivity contribution >= 4 is 16.9 Å². The van der Waals surface area contributed by atoms with Gasteiger partial charge in [-0.25, -0.2) is 4.79 Å². The molecule has 1 aliphatic rings. The number of carbonyl (C=O) groups is 1. The number of benzene rings is 2. The number of phenolic OH excluding ortho intramolecular Hbond substituents is 1. The lowest BCUT2D eigenvalue weighted by Crippen LogP contribution is -2.61. The van der Waals surface area contributed by atoms with E-state index < -0.39 is 47.9 Å². The number of aromatic hydroxyl groups is 1. The van der Waals surface area contributed by atoms with Gasteiger partial charge in [0.2, 0.25) is 12.0 Å². The SMILES string of the molecule is COc1cc(-c2cc(=O)c3c(O)cc(OC4OC(C(=O)O)C(O)C(O)C4O)cc3o2)cc(OC)c1OC. The Morgan fingerprint density at radius 1 is 0.892 bits per heavy atom. The average molecular weight is 520 g/mol. The molecule has 198 valence electrons. The number of hydrogen-bond acceptors (Lipinski definition) is 12. The first-order valence-corrected chi connectivity index (χ1v) is 10.8. The van der Waals surface area contributed by atoms with E-state index in [9.17, 15) is 35.1 Å². The van der Waals surface area contributed by atoms with Crippen molar-refractivity contribution in [3.63, 3.8) is 0 Å². The summed E-state index contributed by atoms with van der Waals surface area (Å²) in [6.45, 7) is 0. The summed E-state index contributed by atoms with van der Waals surface area (Å²) in [7, 11) is 4.28. The monoisotopic (exact) mass is 520 g/mol. The molecule has 0 bridgehead atoms. The zero-order valence-electron chi connectivity index (χ0n) is 19.8. The largest absolute Gasteiger partial charge is 0.507 e. The van der Waals surface area contributed by atoms with Crippen LogP contribution in [-0.4, -0.2) is 83.5 Å². The predicted octanol–water partition coefficient (Wildman–Crippen LogP) is 0.462. The number of aliphatic hydroxyl groups excluding tert-OH is 3. The van der Waals surface area contributed by atoms with Crippen LogP contribution in [0.4, 0.5) is 0 Å². The van der Waals surface area contributed by atoms with Gasteiger partial charge in [0.25, 0.3) is 0 Å². The standard InChI is InChI=1S/C24H24O13/c1-32-15-4-9(5-16(33-2)21(15)34-3)13-8-12(26)17-11(25)6-10(7-14(17)36-13)35-24-20(29)18(27)19(28)22(37-24)23(30)31/h4-8,18-20,22,24-25,27-29H,1-3H3,(H,30,31). The summed E-state index contributed by atoms with van der Waals surface area (Å²) in [5, 5.41) is 49.6. The number of phenols is 1. The number of carboxylic acids is 1. The van der Waals surface area contributed by atoms with Crippen LogP contribution in [0.25, 0.3) is 22.3 Å². The average Bonchev–Trinajstić information content (AvgIpc) is 2.87. The smallest absolute Gasteiger partial charge is 0.335 e. The second kappa shape index (κ2) is 10.1. The third kappa shape index (κ3) is 4.72. The van der Waals surface area contributed by atoms with Crippen LogP contribution in [0.3, 0.4) is 0 Å². The van der Waals surface area contributed by atoms with E-state index in [-0.39, 0.29) is 22.5 Å². The van der Waals surface area contributed by atoms with Gasteiger partial charge >= 0.3 is 5.97 Å². The Balaban J connectivity index is 1.76. The lowest BCUT2D eigenvalue weighted by atomic mass is 9.99. The minimum Gasteiger partial charge on any atom is -0.507 e. The van der Waals surface area contributed by atoms with Crippen LogP contribution in [0.2, 0.25) is 0 Å². The quantitative estimate of drug-likeness (QED) is 0.289. The van der Waals surface area contributed by atoms with E-state index in [0.29, 0.717) is 22.8 Å². The maximum atomic E-state index is 12.8. The van der Waals surface area contributed by atoms with E-state index in [4.69, 9.17) is 28.1 Å². The van der Waals surface area contributed by atoms with Gasteiger partial charge in [0, 0.05) is 23.8 Å². The molecule has 1 aromatic heterocycles. The van der Waals surface area contributed by atoms with Gasteiger partial charge in [0.05, 0.1) is 21.3 Å². The van der Waals surface area contributed by atoms with Crippen molar-refractivity contribution in [3.8, 4) is 40.1 Å². The van der Waals surface area contributed by atoms with Gasteiger partial charge in [-0.15, -0.1) is 0 Å². The second-order valence-corrected chi connectivity index (χ2v) is 8.06. The molecule has 37 heavy (non-hydrogen) atoms. The van der Waals surface area contributed by atoms with Gasteiger partial charge in [-0.1, -0.05) is 0 Å². The molecule has 13 heteroatoms. The number of hydrogen-bond donors (Lipinski definition) is 5. The number of rotatable bonds is 7. The van der Waals surface area contributed by atoms with Gasteiger partial charge in [-0.05, 0) is 12.1 Å². The highest BCUT2D eigenvalue weighted by atomic mass is 16.7. The summed E-state index contributed by atoms with van der Waals surface area (Å²) in [5.41, 5.74) is -0.328. The summed E-state index contributed by atoms with van der Waals surface area (Å²) in [5.74, 6) is -1.30. The third-order valence-corrected chi connectivity index (χ3v) is 5.80. The molecule has 2 heterocycles. The molecule has 5 N–H and O–H groups in total. The number of aliphatic hydroxyl groups is 3. The molecule has 0 saturated carbocycles. The molecule has 1 aliphatic heterocycles. The molecule has 2 aromatic carbocycles. The Morgan fingerprint density at radius 2 is 1.54 bits per heavy atom. The van der Waals surface area contributed by atoms with Crippen LogP contribution in [0, 0.1) is 0 Å². The summed E-state index contributed by atoms with van der Waals surface area (Å²) in [4.78, 5) is 24.2. The van der Waals surface area contributed by atoms with Crippen molar-refractivity contribution in [3.05, 3.63) is 40.6 Å². The number of carboxylic acid groups (broad SMARTS) is 1.